The van der Waals surface area contributed by atoms with Crippen LogP contribution in [0.3, 0.4) is 0 Å². The van der Waals surface area contributed by atoms with Crippen LogP contribution in [0.4, 0.5) is 11.4 Å². The van der Waals surface area contributed by atoms with Gasteiger partial charge in [-0.15, -0.1) is 11.8 Å². The minimum absolute atomic E-state index is 0.335. The van der Waals surface area contributed by atoms with Crippen LogP contribution in [0, 0.1) is 5.92 Å². The number of esters is 1. The Balaban J connectivity index is 1.52. The molecule has 0 saturated carbocycles. The molecule has 0 aromatic heterocycles. The fraction of sp³-hybridized carbons (Fsp3) is 0.192. The molecule has 3 aromatic rings. The lowest BCUT2D eigenvalue weighted by Gasteiger charge is -2.28. The number of fused-ring (bicyclic) bond motifs is 1. The predicted octanol–water partition coefficient (Wildman–Crippen LogP) is 4.25. The molecule has 0 radical (unpaired) electrons. The summed E-state index contributed by atoms with van der Waals surface area (Å²) < 4.78 is 4.72. The SMILES string of the molecule is COC(=O)c1ccc(N2C(=O)[C@H]3[C@H](ON(c4ccccc4)[C@H]3c3ccc(SC)cc3)C2=O)cc1. The molecule has 34 heavy (non-hydrogen) atoms. The van der Waals surface area contributed by atoms with E-state index in [1.807, 2.05) is 60.9 Å². The van der Waals surface area contributed by atoms with E-state index in [0.717, 1.165) is 21.0 Å². The number of rotatable bonds is 5. The number of methoxy groups -OCH3 is 1. The number of benzene rings is 3. The van der Waals surface area contributed by atoms with Gasteiger partial charge in [-0.2, -0.15) is 0 Å². The highest BCUT2D eigenvalue weighted by molar-refractivity contribution is 7.98. The Morgan fingerprint density at radius 1 is 0.882 bits per heavy atom. The Morgan fingerprint density at radius 3 is 2.18 bits per heavy atom. The van der Waals surface area contributed by atoms with E-state index < -0.39 is 29.9 Å². The highest BCUT2D eigenvalue weighted by Gasteiger charge is 2.60. The number of carbonyl (C=O) groups excluding carboxylic acids is 3. The number of nitrogens with zero attached hydrogens (tertiary/aromatic N) is 2. The molecule has 172 valence electrons. The van der Waals surface area contributed by atoms with Crippen LogP contribution in [0.15, 0.2) is 83.8 Å². The molecule has 5 rings (SSSR count). The van der Waals surface area contributed by atoms with Crippen molar-refractivity contribution >= 4 is 40.9 Å². The van der Waals surface area contributed by atoms with Crippen molar-refractivity contribution in [3.63, 3.8) is 0 Å². The molecule has 2 saturated heterocycles. The maximum absolute atomic E-state index is 13.7. The van der Waals surface area contributed by atoms with Crippen LogP contribution in [0.2, 0.25) is 0 Å². The van der Waals surface area contributed by atoms with Crippen molar-refractivity contribution in [2.45, 2.75) is 17.0 Å². The van der Waals surface area contributed by atoms with Gasteiger partial charge in [0.1, 0.15) is 5.92 Å². The molecule has 8 heteroatoms. The number of hydrogen-bond donors (Lipinski definition) is 0. The maximum Gasteiger partial charge on any atom is 0.337 e. The average molecular weight is 475 g/mol. The number of hydrogen-bond acceptors (Lipinski definition) is 7. The van der Waals surface area contributed by atoms with Gasteiger partial charge in [0.2, 0.25) is 5.91 Å². The normalized spacial score (nSPS) is 21.6. The number of hydroxylamine groups is 1. The van der Waals surface area contributed by atoms with Crippen molar-refractivity contribution in [3.8, 4) is 0 Å². The minimum Gasteiger partial charge on any atom is -0.465 e. The van der Waals surface area contributed by atoms with Gasteiger partial charge >= 0.3 is 5.97 Å². The first kappa shape index (κ1) is 22.2. The van der Waals surface area contributed by atoms with E-state index in [2.05, 4.69) is 0 Å². The Hall–Kier alpha value is -3.62. The quantitative estimate of drug-likeness (QED) is 0.311. The number of amides is 2. The topological polar surface area (TPSA) is 76.2 Å². The summed E-state index contributed by atoms with van der Waals surface area (Å²) >= 11 is 1.63. The summed E-state index contributed by atoms with van der Waals surface area (Å²) in [5.41, 5.74) is 2.39. The third-order valence-corrected chi connectivity index (χ3v) is 6.87. The van der Waals surface area contributed by atoms with Crippen LogP contribution in [-0.2, 0) is 19.2 Å². The smallest absolute Gasteiger partial charge is 0.337 e. The maximum atomic E-state index is 13.7. The zero-order valence-corrected chi connectivity index (χ0v) is 19.4. The van der Waals surface area contributed by atoms with Gasteiger partial charge in [0.15, 0.2) is 6.10 Å². The Bertz CT molecular complexity index is 1230. The number of thioether (sulfide) groups is 1. The molecule has 2 aliphatic rings. The molecule has 0 unspecified atom stereocenters. The Kier molecular flexibility index (Phi) is 5.85. The fourth-order valence-corrected chi connectivity index (χ4v) is 4.88. The lowest BCUT2D eigenvalue weighted by Crippen LogP contribution is -2.37. The summed E-state index contributed by atoms with van der Waals surface area (Å²) in [7, 11) is 1.30. The van der Waals surface area contributed by atoms with E-state index in [0.29, 0.717) is 11.3 Å². The van der Waals surface area contributed by atoms with Gasteiger partial charge in [-0.1, -0.05) is 30.3 Å². The van der Waals surface area contributed by atoms with Gasteiger partial charge in [0, 0.05) is 4.90 Å². The monoisotopic (exact) mass is 474 g/mol. The standard InChI is InChI=1S/C26H22N2O5S/c1-32-26(31)17-8-12-18(13-9-17)27-24(29)21-22(16-10-14-20(34-2)15-11-16)28(33-23(21)25(27)30)19-6-4-3-5-7-19/h3-15,21-23H,1-2H3/t21-,22+,23+/m1/s1. The molecular weight excluding hydrogens is 452 g/mol. The van der Waals surface area contributed by atoms with Crippen LogP contribution < -0.4 is 9.96 Å². The summed E-state index contributed by atoms with van der Waals surface area (Å²) in [5, 5.41) is 1.68. The molecular formula is C26H22N2O5S. The van der Waals surface area contributed by atoms with Gasteiger partial charge in [-0.25, -0.2) is 14.8 Å². The number of anilines is 2. The number of carbonyl (C=O) groups is 3. The van der Waals surface area contributed by atoms with E-state index in [1.54, 1.807) is 29.0 Å². The lowest BCUT2D eigenvalue weighted by atomic mass is 9.90. The molecule has 2 heterocycles. The van der Waals surface area contributed by atoms with E-state index in [-0.39, 0.29) is 5.91 Å². The Labute approximate surface area is 201 Å². The van der Waals surface area contributed by atoms with E-state index in [9.17, 15) is 14.4 Å². The van der Waals surface area contributed by atoms with Crippen molar-refractivity contribution in [2.24, 2.45) is 5.92 Å². The minimum atomic E-state index is -0.946. The van der Waals surface area contributed by atoms with Crippen LogP contribution >= 0.6 is 11.8 Å². The molecule has 0 aliphatic carbocycles. The van der Waals surface area contributed by atoms with E-state index in [1.165, 1.54) is 19.2 Å². The molecule has 2 fully saturated rings. The first-order valence-electron chi connectivity index (χ1n) is 10.7. The van der Waals surface area contributed by atoms with Crippen LogP contribution in [0.5, 0.6) is 0 Å². The highest BCUT2D eigenvalue weighted by atomic mass is 32.2. The number of ether oxygens (including phenoxy) is 1. The lowest BCUT2D eigenvalue weighted by molar-refractivity contribution is -0.126. The van der Waals surface area contributed by atoms with Gasteiger partial charge in [0.05, 0.1) is 30.1 Å². The van der Waals surface area contributed by atoms with Gasteiger partial charge in [-0.3, -0.25) is 14.4 Å². The molecule has 0 spiro atoms. The molecule has 3 atom stereocenters. The second kappa shape index (κ2) is 8.96. The van der Waals surface area contributed by atoms with Crippen molar-refractivity contribution in [1.82, 2.24) is 0 Å². The van der Waals surface area contributed by atoms with Crippen molar-refractivity contribution in [2.75, 3.05) is 23.3 Å². The van der Waals surface area contributed by atoms with Crippen molar-refractivity contribution in [1.29, 1.82) is 0 Å². The van der Waals surface area contributed by atoms with Crippen LogP contribution in [0.25, 0.3) is 0 Å². The summed E-state index contributed by atoms with van der Waals surface area (Å²) in [5.74, 6) is -1.96. The molecule has 3 aromatic carbocycles. The zero-order chi connectivity index (χ0) is 23.8. The highest BCUT2D eigenvalue weighted by Crippen LogP contribution is 2.47. The second-order valence-electron chi connectivity index (χ2n) is 7.98. The largest absolute Gasteiger partial charge is 0.465 e. The summed E-state index contributed by atoms with van der Waals surface area (Å²) in [6.07, 6.45) is 1.06. The molecule has 0 bridgehead atoms. The number of para-hydroxylation sites is 1. The molecule has 2 amide bonds. The van der Waals surface area contributed by atoms with Crippen molar-refractivity contribution in [3.05, 3.63) is 90.0 Å². The summed E-state index contributed by atoms with van der Waals surface area (Å²) in [4.78, 5) is 47.2. The number of imide groups is 1. The second-order valence-corrected chi connectivity index (χ2v) is 8.86. The van der Waals surface area contributed by atoms with Gasteiger partial charge in [0.25, 0.3) is 5.91 Å². The van der Waals surface area contributed by atoms with Crippen molar-refractivity contribution < 1.29 is 24.0 Å². The van der Waals surface area contributed by atoms with Crippen LogP contribution in [0.1, 0.15) is 22.0 Å². The molecule has 0 N–H and O–H groups in total. The van der Waals surface area contributed by atoms with Gasteiger partial charge < -0.3 is 4.74 Å². The summed E-state index contributed by atoms with van der Waals surface area (Å²) in [6.45, 7) is 0. The Morgan fingerprint density at radius 2 is 1.56 bits per heavy atom. The van der Waals surface area contributed by atoms with Gasteiger partial charge in [-0.05, 0) is 60.4 Å². The third kappa shape index (κ3) is 3.65. The molecule has 7 nitrogen and oxygen atoms in total. The summed E-state index contributed by atoms with van der Waals surface area (Å²) in [6, 6.07) is 23.1. The average Bonchev–Trinajstić information content (AvgIpc) is 3.40. The zero-order valence-electron chi connectivity index (χ0n) is 18.6. The first-order valence-corrected chi connectivity index (χ1v) is 12.0. The first-order chi connectivity index (χ1) is 16.5. The van der Waals surface area contributed by atoms with Crippen LogP contribution in [-0.4, -0.2) is 37.3 Å². The predicted molar refractivity (Wildman–Crippen MR) is 129 cm³/mol. The van der Waals surface area contributed by atoms with E-state index in [4.69, 9.17) is 9.57 Å². The van der Waals surface area contributed by atoms with E-state index >= 15 is 0 Å². The fourth-order valence-electron chi connectivity index (χ4n) is 4.47. The third-order valence-electron chi connectivity index (χ3n) is 6.13. The molecule has 2 aliphatic heterocycles.